The Morgan fingerprint density at radius 2 is 2.00 bits per heavy atom. The molecule has 1 aliphatic rings. The third-order valence-corrected chi connectivity index (χ3v) is 3.49. The number of piperidine rings is 1. The van der Waals surface area contributed by atoms with E-state index >= 15 is 0 Å². The van der Waals surface area contributed by atoms with E-state index in [0.717, 1.165) is 31.8 Å². The lowest BCUT2D eigenvalue weighted by molar-refractivity contribution is 0.0484. The van der Waals surface area contributed by atoms with Crippen LogP contribution in [0.4, 0.5) is 10.8 Å². The largest absolute Gasteiger partial charge is 0.443 e. The van der Waals surface area contributed by atoms with E-state index in [0.29, 0.717) is 6.01 Å². The van der Waals surface area contributed by atoms with Gasteiger partial charge in [0.2, 0.25) is 0 Å². The molecule has 23 heavy (non-hydrogen) atoms. The first-order valence-corrected chi connectivity index (χ1v) is 8.07. The van der Waals surface area contributed by atoms with E-state index in [2.05, 4.69) is 25.9 Å². The minimum absolute atomic E-state index is 0.200. The SMILES string of the molecule is CC(C)c1noc(N2CCC(NNC(=O)OC(C)(C)C)CC2)n1. The molecule has 8 heteroatoms. The van der Waals surface area contributed by atoms with E-state index in [-0.39, 0.29) is 12.0 Å². The van der Waals surface area contributed by atoms with Gasteiger partial charge in [-0.25, -0.2) is 10.2 Å². The minimum Gasteiger partial charge on any atom is -0.443 e. The first kappa shape index (κ1) is 17.5. The maximum absolute atomic E-state index is 11.6. The van der Waals surface area contributed by atoms with Gasteiger partial charge in [0.25, 0.3) is 0 Å². The zero-order valence-corrected chi connectivity index (χ0v) is 14.5. The van der Waals surface area contributed by atoms with Gasteiger partial charge in [0.1, 0.15) is 5.60 Å². The molecule has 2 heterocycles. The molecule has 0 aromatic carbocycles. The molecule has 1 saturated heterocycles. The standard InChI is InChI=1S/C15H27N5O3/c1-10(2)12-16-13(23-19-12)20-8-6-11(7-9-20)17-18-14(21)22-15(3,4)5/h10-11,17H,6-9H2,1-5H3,(H,18,21). The predicted molar refractivity (Wildman–Crippen MR) is 86.1 cm³/mol. The number of carbonyl (C=O) groups excluding carboxylic acids is 1. The van der Waals surface area contributed by atoms with E-state index in [1.807, 2.05) is 34.6 Å². The van der Waals surface area contributed by atoms with Crippen molar-refractivity contribution in [1.29, 1.82) is 0 Å². The summed E-state index contributed by atoms with van der Waals surface area (Å²) in [5, 5.41) is 3.99. The molecule has 0 bridgehead atoms. The van der Waals surface area contributed by atoms with Crippen LogP contribution in [-0.2, 0) is 4.74 Å². The van der Waals surface area contributed by atoms with Crippen molar-refractivity contribution in [2.75, 3.05) is 18.0 Å². The van der Waals surface area contributed by atoms with E-state index in [4.69, 9.17) is 9.26 Å². The Morgan fingerprint density at radius 1 is 1.35 bits per heavy atom. The molecule has 1 aromatic rings. The van der Waals surface area contributed by atoms with Crippen LogP contribution in [0.5, 0.6) is 0 Å². The summed E-state index contributed by atoms with van der Waals surface area (Å²) in [4.78, 5) is 18.1. The van der Waals surface area contributed by atoms with E-state index in [1.54, 1.807) is 0 Å². The topological polar surface area (TPSA) is 92.5 Å². The van der Waals surface area contributed by atoms with Gasteiger partial charge in [-0.2, -0.15) is 4.98 Å². The molecular weight excluding hydrogens is 298 g/mol. The molecule has 8 nitrogen and oxygen atoms in total. The number of rotatable bonds is 4. The first-order valence-electron chi connectivity index (χ1n) is 8.07. The van der Waals surface area contributed by atoms with Gasteiger partial charge in [0.15, 0.2) is 5.82 Å². The van der Waals surface area contributed by atoms with Gasteiger partial charge in [-0.05, 0) is 33.6 Å². The minimum atomic E-state index is -0.499. The fourth-order valence-electron chi connectivity index (χ4n) is 2.27. The first-order chi connectivity index (χ1) is 10.7. The van der Waals surface area contributed by atoms with Gasteiger partial charge in [0.05, 0.1) is 0 Å². The number of carbonyl (C=O) groups is 1. The average Bonchev–Trinajstić information content (AvgIpc) is 2.94. The van der Waals surface area contributed by atoms with Gasteiger partial charge < -0.3 is 14.2 Å². The summed E-state index contributed by atoms with van der Waals surface area (Å²) in [5.74, 6) is 0.983. The van der Waals surface area contributed by atoms with Crippen molar-refractivity contribution < 1.29 is 14.1 Å². The van der Waals surface area contributed by atoms with Gasteiger partial charge in [-0.15, -0.1) is 0 Å². The second-order valence-corrected chi connectivity index (χ2v) is 7.12. The van der Waals surface area contributed by atoms with Crippen LogP contribution in [-0.4, -0.2) is 41.0 Å². The highest BCUT2D eigenvalue weighted by Crippen LogP contribution is 2.20. The van der Waals surface area contributed by atoms with Crippen molar-refractivity contribution in [3.8, 4) is 0 Å². The molecule has 2 rings (SSSR count). The van der Waals surface area contributed by atoms with Crippen LogP contribution in [0, 0.1) is 0 Å². The number of amides is 1. The molecule has 0 aliphatic carbocycles. The van der Waals surface area contributed by atoms with E-state index in [1.165, 1.54) is 0 Å². The Morgan fingerprint density at radius 3 is 2.52 bits per heavy atom. The van der Waals surface area contributed by atoms with Crippen LogP contribution in [0.15, 0.2) is 4.52 Å². The Labute approximate surface area is 136 Å². The second kappa shape index (κ2) is 7.16. The Balaban J connectivity index is 1.74. The molecule has 2 N–H and O–H groups in total. The third kappa shape index (κ3) is 5.38. The number of hydrogen-bond donors (Lipinski definition) is 2. The summed E-state index contributed by atoms with van der Waals surface area (Å²) in [6, 6.07) is 0.776. The molecule has 0 spiro atoms. The van der Waals surface area contributed by atoms with Crippen molar-refractivity contribution in [3.05, 3.63) is 5.82 Å². The summed E-state index contributed by atoms with van der Waals surface area (Å²) in [5.41, 5.74) is 5.12. The third-order valence-electron chi connectivity index (χ3n) is 3.49. The number of aromatic nitrogens is 2. The number of hydrogen-bond acceptors (Lipinski definition) is 7. The summed E-state index contributed by atoms with van der Waals surface area (Å²) in [7, 11) is 0. The summed E-state index contributed by atoms with van der Waals surface area (Å²) in [6.07, 6.45) is 1.28. The normalized spacial score (nSPS) is 16.7. The molecule has 130 valence electrons. The van der Waals surface area contributed by atoms with Gasteiger partial charge >= 0.3 is 12.1 Å². The predicted octanol–water partition coefficient (Wildman–Crippen LogP) is 2.19. The van der Waals surface area contributed by atoms with Gasteiger partial charge in [-0.3, -0.25) is 5.43 Å². The average molecular weight is 325 g/mol. The Hall–Kier alpha value is -1.83. The molecule has 0 unspecified atom stereocenters. The molecule has 0 saturated carbocycles. The van der Waals surface area contributed by atoms with E-state index in [9.17, 15) is 4.79 Å². The highest BCUT2D eigenvalue weighted by molar-refractivity contribution is 5.67. The molecule has 1 aliphatic heterocycles. The second-order valence-electron chi connectivity index (χ2n) is 7.12. The van der Waals surface area contributed by atoms with Crippen LogP contribution in [0.2, 0.25) is 0 Å². The van der Waals surface area contributed by atoms with Crippen molar-refractivity contribution in [2.24, 2.45) is 0 Å². The lowest BCUT2D eigenvalue weighted by atomic mass is 10.1. The lowest BCUT2D eigenvalue weighted by Gasteiger charge is -2.31. The van der Waals surface area contributed by atoms with Crippen molar-refractivity contribution in [2.45, 2.75) is 65.0 Å². The number of nitrogens with zero attached hydrogens (tertiary/aromatic N) is 3. The molecule has 0 radical (unpaired) electrons. The number of hydrazine groups is 1. The van der Waals surface area contributed by atoms with E-state index < -0.39 is 11.7 Å². The summed E-state index contributed by atoms with van der Waals surface area (Å²) >= 11 is 0. The number of ether oxygens (including phenoxy) is 1. The molecule has 1 fully saturated rings. The van der Waals surface area contributed by atoms with Crippen LogP contribution >= 0.6 is 0 Å². The van der Waals surface area contributed by atoms with Crippen LogP contribution in [0.3, 0.4) is 0 Å². The quantitative estimate of drug-likeness (QED) is 0.820. The van der Waals surface area contributed by atoms with Gasteiger partial charge in [0, 0.05) is 25.0 Å². The van der Waals surface area contributed by atoms with Gasteiger partial charge in [-0.1, -0.05) is 19.0 Å². The lowest BCUT2D eigenvalue weighted by Crippen LogP contribution is -2.50. The fraction of sp³-hybridized carbons (Fsp3) is 0.800. The number of anilines is 1. The molecule has 1 amide bonds. The number of nitrogens with one attached hydrogen (secondary N) is 2. The highest BCUT2D eigenvalue weighted by atomic mass is 16.6. The van der Waals surface area contributed by atoms with Crippen LogP contribution < -0.4 is 15.8 Å². The van der Waals surface area contributed by atoms with Crippen LogP contribution in [0.25, 0.3) is 0 Å². The maximum Gasteiger partial charge on any atom is 0.422 e. The summed E-state index contributed by atoms with van der Waals surface area (Å²) < 4.78 is 10.5. The van der Waals surface area contributed by atoms with Crippen molar-refractivity contribution >= 4 is 12.1 Å². The molecular formula is C15H27N5O3. The zero-order chi connectivity index (χ0) is 17.0. The monoisotopic (exact) mass is 325 g/mol. The zero-order valence-electron chi connectivity index (χ0n) is 14.5. The fourth-order valence-corrected chi connectivity index (χ4v) is 2.27. The maximum atomic E-state index is 11.6. The summed E-state index contributed by atoms with van der Waals surface area (Å²) in [6.45, 7) is 11.2. The molecule has 1 aromatic heterocycles. The van der Waals surface area contributed by atoms with Crippen molar-refractivity contribution in [3.63, 3.8) is 0 Å². The Kier molecular flexibility index (Phi) is 5.46. The smallest absolute Gasteiger partial charge is 0.422 e. The molecule has 0 atom stereocenters. The van der Waals surface area contributed by atoms with Crippen molar-refractivity contribution in [1.82, 2.24) is 21.0 Å². The van der Waals surface area contributed by atoms with Crippen LogP contribution in [0.1, 0.15) is 59.2 Å². The Bertz CT molecular complexity index is 515. The highest BCUT2D eigenvalue weighted by Gasteiger charge is 2.24.